The number of benzene rings is 1. The molecule has 0 amide bonds. The van der Waals surface area contributed by atoms with Crippen LogP contribution in [0.5, 0.6) is 11.5 Å². The van der Waals surface area contributed by atoms with Crippen molar-refractivity contribution in [3.63, 3.8) is 0 Å². The molecule has 0 heterocycles. The minimum absolute atomic E-state index is 0.0137. The maximum atomic E-state index is 13.3. The first-order chi connectivity index (χ1) is 12.5. The highest BCUT2D eigenvalue weighted by molar-refractivity contribution is 6.26. The van der Waals surface area contributed by atoms with Crippen LogP contribution in [0.3, 0.4) is 0 Å². The lowest BCUT2D eigenvalue weighted by Crippen LogP contribution is -2.53. The number of carbonyl (C=O) groups excluding carboxylic acids is 3. The molecule has 1 aliphatic rings. The lowest BCUT2D eigenvalue weighted by atomic mass is 9.62. The number of hydrogen-bond donors (Lipinski definition) is 3. The van der Waals surface area contributed by atoms with Gasteiger partial charge in [0.15, 0.2) is 11.6 Å². The van der Waals surface area contributed by atoms with E-state index in [2.05, 4.69) is 0 Å². The molecule has 0 fully saturated rings. The Morgan fingerprint density at radius 3 is 2.22 bits per heavy atom. The zero-order chi connectivity index (χ0) is 20.5. The maximum absolute atomic E-state index is 13.3. The van der Waals surface area contributed by atoms with Crippen molar-refractivity contribution in [1.29, 1.82) is 0 Å². The molecule has 2 atom stereocenters. The fourth-order valence-electron chi connectivity index (χ4n) is 3.52. The summed E-state index contributed by atoms with van der Waals surface area (Å²) in [5, 5.41) is 31.0. The van der Waals surface area contributed by atoms with E-state index in [0.29, 0.717) is 0 Å². The number of phenolic OH excluding ortho intramolecular Hbond substituents is 2. The lowest BCUT2D eigenvalue weighted by molar-refractivity contribution is -0.132. The zero-order valence-corrected chi connectivity index (χ0v) is 16.1. The number of hydrogen-bond acceptors (Lipinski definition) is 6. The monoisotopic (exact) mass is 374 g/mol. The second-order valence-electron chi connectivity index (χ2n) is 7.81. The zero-order valence-electron chi connectivity index (χ0n) is 16.1. The van der Waals surface area contributed by atoms with Crippen molar-refractivity contribution < 1.29 is 29.7 Å². The number of allylic oxidation sites excluding steroid dienone is 1. The number of phenols is 2. The summed E-state index contributed by atoms with van der Waals surface area (Å²) in [6, 6.07) is 2.23. The van der Waals surface area contributed by atoms with Crippen molar-refractivity contribution in [2.24, 2.45) is 11.3 Å². The van der Waals surface area contributed by atoms with Crippen LogP contribution in [-0.2, 0) is 4.79 Å². The predicted octanol–water partition coefficient (Wildman–Crippen LogP) is 3.19. The average Bonchev–Trinajstić information content (AvgIpc) is 2.57. The van der Waals surface area contributed by atoms with E-state index in [1.807, 2.05) is 13.8 Å². The van der Waals surface area contributed by atoms with Crippen LogP contribution >= 0.6 is 0 Å². The van der Waals surface area contributed by atoms with Gasteiger partial charge in [0, 0.05) is 12.8 Å². The van der Waals surface area contributed by atoms with Crippen molar-refractivity contribution >= 4 is 17.3 Å². The van der Waals surface area contributed by atoms with E-state index in [0.717, 1.165) is 17.7 Å². The van der Waals surface area contributed by atoms with Crippen LogP contribution in [0, 0.1) is 11.3 Å². The number of aliphatic hydroxyl groups is 1. The Bertz CT molecular complexity index is 816. The summed E-state index contributed by atoms with van der Waals surface area (Å²) < 4.78 is 0. The minimum atomic E-state index is -1.97. The van der Waals surface area contributed by atoms with E-state index < -0.39 is 46.8 Å². The molecule has 1 aromatic carbocycles. The fourth-order valence-corrected chi connectivity index (χ4v) is 3.52. The van der Waals surface area contributed by atoms with Gasteiger partial charge in [-0.15, -0.1) is 0 Å². The molecule has 146 valence electrons. The Kier molecular flexibility index (Phi) is 5.90. The summed E-state index contributed by atoms with van der Waals surface area (Å²) in [5.74, 6) is -2.98. The van der Waals surface area contributed by atoms with E-state index >= 15 is 0 Å². The van der Waals surface area contributed by atoms with E-state index in [9.17, 15) is 29.7 Å². The van der Waals surface area contributed by atoms with Crippen molar-refractivity contribution in [3.05, 3.63) is 34.9 Å². The molecule has 1 unspecified atom stereocenters. The van der Waals surface area contributed by atoms with Crippen LogP contribution in [0.15, 0.2) is 23.8 Å². The topological polar surface area (TPSA) is 112 Å². The van der Waals surface area contributed by atoms with Gasteiger partial charge in [0.05, 0.1) is 17.2 Å². The van der Waals surface area contributed by atoms with E-state index in [-0.39, 0.29) is 29.9 Å². The van der Waals surface area contributed by atoms with Gasteiger partial charge < -0.3 is 15.3 Å². The minimum Gasteiger partial charge on any atom is -0.507 e. The first-order valence-electron chi connectivity index (χ1n) is 9.00. The highest BCUT2D eigenvalue weighted by Gasteiger charge is 2.56. The number of aromatic hydroxyl groups is 2. The Hall–Kier alpha value is -2.47. The van der Waals surface area contributed by atoms with Gasteiger partial charge >= 0.3 is 0 Å². The maximum Gasteiger partial charge on any atom is 0.184 e. The molecule has 0 saturated carbocycles. The summed E-state index contributed by atoms with van der Waals surface area (Å²) >= 11 is 0. The third-order valence-corrected chi connectivity index (χ3v) is 4.92. The van der Waals surface area contributed by atoms with Crippen LogP contribution in [0.1, 0.15) is 67.7 Å². The van der Waals surface area contributed by atoms with Gasteiger partial charge in [-0.2, -0.15) is 0 Å². The summed E-state index contributed by atoms with van der Waals surface area (Å²) in [4.78, 5) is 39.2. The second kappa shape index (κ2) is 7.64. The lowest BCUT2D eigenvalue weighted by Gasteiger charge is -2.38. The molecular weight excluding hydrogens is 348 g/mol. The number of fused-ring (bicyclic) bond motifs is 1. The molecule has 0 radical (unpaired) electrons. The number of aliphatic hydroxyl groups excluding tert-OH is 1. The molecule has 0 aliphatic heterocycles. The number of Topliss-reactive ketones (excluding diaryl/α,β-unsaturated/α-hetero) is 3. The molecule has 0 aromatic heterocycles. The molecule has 3 N–H and O–H groups in total. The van der Waals surface area contributed by atoms with Gasteiger partial charge in [-0.05, 0) is 38.3 Å². The van der Waals surface area contributed by atoms with E-state index in [4.69, 9.17) is 0 Å². The molecule has 0 saturated heterocycles. The van der Waals surface area contributed by atoms with Gasteiger partial charge in [-0.3, -0.25) is 14.4 Å². The predicted molar refractivity (Wildman–Crippen MR) is 100.0 cm³/mol. The van der Waals surface area contributed by atoms with Crippen molar-refractivity contribution in [1.82, 2.24) is 0 Å². The van der Waals surface area contributed by atoms with Gasteiger partial charge in [-0.25, -0.2) is 0 Å². The quantitative estimate of drug-likeness (QED) is 0.400. The van der Waals surface area contributed by atoms with Crippen molar-refractivity contribution in [2.75, 3.05) is 0 Å². The number of rotatable bonds is 6. The van der Waals surface area contributed by atoms with Crippen LogP contribution in [0.2, 0.25) is 0 Å². The van der Waals surface area contributed by atoms with Crippen LogP contribution in [-0.4, -0.2) is 38.8 Å². The normalized spacial score (nSPS) is 20.4. The molecule has 2 rings (SSSR count). The van der Waals surface area contributed by atoms with E-state index in [1.54, 1.807) is 19.9 Å². The van der Waals surface area contributed by atoms with Gasteiger partial charge in [0.1, 0.15) is 22.7 Å². The molecule has 1 aliphatic carbocycles. The SMILES string of the molecule is CC(C)=CC[C@@H](O)C1(C(=O)CC(C)C)CC(=O)c2c(O)ccc(O)c2C1=O. The molecule has 0 spiro atoms. The summed E-state index contributed by atoms with van der Waals surface area (Å²) in [6.45, 7) is 7.26. The third-order valence-electron chi connectivity index (χ3n) is 4.92. The average molecular weight is 374 g/mol. The van der Waals surface area contributed by atoms with Crippen LogP contribution in [0.4, 0.5) is 0 Å². The van der Waals surface area contributed by atoms with Gasteiger partial charge in [-0.1, -0.05) is 25.5 Å². The highest BCUT2D eigenvalue weighted by atomic mass is 16.3. The molecule has 1 aromatic rings. The first-order valence-corrected chi connectivity index (χ1v) is 9.00. The molecule has 27 heavy (non-hydrogen) atoms. The Morgan fingerprint density at radius 1 is 1.15 bits per heavy atom. The largest absolute Gasteiger partial charge is 0.507 e. The highest BCUT2D eigenvalue weighted by Crippen LogP contribution is 2.46. The Labute approximate surface area is 158 Å². The summed E-state index contributed by atoms with van der Waals surface area (Å²) in [7, 11) is 0. The van der Waals surface area contributed by atoms with Gasteiger partial charge in [0.2, 0.25) is 0 Å². The number of ketones is 3. The molecule has 6 heteroatoms. The van der Waals surface area contributed by atoms with Crippen LogP contribution < -0.4 is 0 Å². The Morgan fingerprint density at radius 2 is 1.70 bits per heavy atom. The first kappa shape index (κ1) is 20.8. The molecule has 0 bridgehead atoms. The van der Waals surface area contributed by atoms with Crippen molar-refractivity contribution in [2.45, 2.75) is 53.1 Å². The summed E-state index contributed by atoms with van der Waals surface area (Å²) in [6.07, 6.45) is -0.200. The standard InChI is InChI=1S/C21H26O6/c1-11(2)5-8-16(25)21(17(26)9-12(3)4)10-15(24)18-13(22)6-7-14(23)19(18)20(21)27/h5-7,12,16,22-23,25H,8-10H2,1-4H3/t16-,21?/m1/s1. The summed E-state index contributed by atoms with van der Waals surface area (Å²) in [5.41, 5.74) is -1.75. The van der Waals surface area contributed by atoms with E-state index in [1.165, 1.54) is 0 Å². The van der Waals surface area contributed by atoms with Crippen molar-refractivity contribution in [3.8, 4) is 11.5 Å². The molecular formula is C21H26O6. The third kappa shape index (κ3) is 3.67. The second-order valence-corrected chi connectivity index (χ2v) is 7.81. The smallest absolute Gasteiger partial charge is 0.184 e. The fraction of sp³-hybridized carbons (Fsp3) is 0.476. The molecule has 6 nitrogen and oxygen atoms in total. The van der Waals surface area contributed by atoms with Gasteiger partial charge in [0.25, 0.3) is 0 Å². The Balaban J connectivity index is 2.68. The number of carbonyl (C=O) groups is 3. The van der Waals surface area contributed by atoms with Crippen LogP contribution in [0.25, 0.3) is 0 Å².